The lowest BCUT2D eigenvalue weighted by molar-refractivity contribution is -0.129. The number of aryl methyl sites for hydroxylation is 1. The van der Waals surface area contributed by atoms with E-state index in [0.717, 1.165) is 43.1 Å². The minimum atomic E-state index is -0.323. The lowest BCUT2D eigenvalue weighted by Gasteiger charge is -2.35. The number of nitrogens with one attached hydrogen (secondary N) is 2. The van der Waals surface area contributed by atoms with Gasteiger partial charge >= 0.3 is 0 Å². The van der Waals surface area contributed by atoms with Crippen molar-refractivity contribution < 1.29 is 14.3 Å². The van der Waals surface area contributed by atoms with Crippen LogP contribution in [0.4, 0.5) is 11.4 Å². The van der Waals surface area contributed by atoms with E-state index in [0.29, 0.717) is 5.75 Å². The van der Waals surface area contributed by atoms with Gasteiger partial charge < -0.3 is 19.9 Å². The monoisotopic (exact) mass is 426 g/mol. The molecule has 0 bridgehead atoms. The first-order chi connectivity index (χ1) is 14.4. The Kier molecular flexibility index (Phi) is 7.24. The van der Waals surface area contributed by atoms with E-state index in [9.17, 15) is 9.59 Å². The van der Waals surface area contributed by atoms with Crippen LogP contribution in [0.5, 0.6) is 5.75 Å². The summed E-state index contributed by atoms with van der Waals surface area (Å²) in [6, 6.07) is 15.3. The molecule has 0 radical (unpaired) electrons. The molecular weight excluding hydrogens is 400 g/mol. The van der Waals surface area contributed by atoms with Crippen molar-refractivity contribution in [2.24, 2.45) is 0 Å². The van der Waals surface area contributed by atoms with Gasteiger partial charge in [-0.05, 0) is 55.0 Å². The van der Waals surface area contributed by atoms with Gasteiger partial charge in [-0.3, -0.25) is 14.9 Å². The number of rotatable bonds is 5. The van der Waals surface area contributed by atoms with E-state index >= 15 is 0 Å². The molecule has 2 aromatic rings. The topological polar surface area (TPSA) is 73.9 Å². The number of anilines is 2. The maximum atomic E-state index is 12.1. The van der Waals surface area contributed by atoms with E-state index < -0.39 is 0 Å². The van der Waals surface area contributed by atoms with E-state index in [1.807, 2.05) is 60.4 Å². The Bertz CT molecular complexity index is 909. The fraction of sp³-hybridized carbons (Fsp3) is 0.318. The van der Waals surface area contributed by atoms with Gasteiger partial charge in [-0.1, -0.05) is 18.2 Å². The van der Waals surface area contributed by atoms with E-state index in [1.165, 1.54) is 0 Å². The number of hydrogen-bond donors (Lipinski definition) is 2. The van der Waals surface area contributed by atoms with Crippen molar-refractivity contribution in [2.75, 3.05) is 43.0 Å². The maximum absolute atomic E-state index is 12.1. The third kappa shape index (κ3) is 5.93. The van der Waals surface area contributed by atoms with Gasteiger partial charge in [-0.2, -0.15) is 0 Å². The van der Waals surface area contributed by atoms with E-state index in [2.05, 4.69) is 15.5 Å². The minimum Gasteiger partial charge on any atom is -0.483 e. The molecule has 1 aliphatic heterocycles. The molecule has 0 aliphatic carbocycles. The summed E-state index contributed by atoms with van der Waals surface area (Å²) in [4.78, 5) is 27.6. The second kappa shape index (κ2) is 10.1. The summed E-state index contributed by atoms with van der Waals surface area (Å²) in [5.74, 6) is 0.469. The summed E-state index contributed by atoms with van der Waals surface area (Å²) in [6.07, 6.45) is 0. The SMILES string of the molecule is CC(=O)N1CCN(c2ccc(NC(=S)NC(=O)COc3ccccc3C)cc2)CC1. The molecule has 3 rings (SSSR count). The minimum absolute atomic E-state index is 0.113. The third-order valence-corrected chi connectivity index (χ3v) is 5.12. The number of nitrogens with zero attached hydrogens (tertiary/aromatic N) is 2. The molecule has 0 saturated carbocycles. The number of ether oxygens (including phenoxy) is 1. The number of amides is 2. The van der Waals surface area contributed by atoms with Crippen LogP contribution < -0.4 is 20.3 Å². The van der Waals surface area contributed by atoms with Crippen molar-refractivity contribution in [1.82, 2.24) is 10.2 Å². The quantitative estimate of drug-likeness (QED) is 0.716. The zero-order chi connectivity index (χ0) is 21.5. The highest BCUT2D eigenvalue weighted by molar-refractivity contribution is 7.80. The Labute approximate surface area is 182 Å². The molecule has 0 aromatic heterocycles. The molecule has 1 fully saturated rings. The molecule has 1 aliphatic rings. The van der Waals surface area contributed by atoms with Gasteiger partial charge in [0.05, 0.1) is 0 Å². The summed E-state index contributed by atoms with van der Waals surface area (Å²) in [5, 5.41) is 5.85. The Morgan fingerprint density at radius 2 is 1.70 bits per heavy atom. The number of carbonyl (C=O) groups excluding carboxylic acids is 2. The second-order valence-electron chi connectivity index (χ2n) is 7.10. The van der Waals surface area contributed by atoms with Gasteiger partial charge in [0.15, 0.2) is 11.7 Å². The molecular formula is C22H26N4O3S. The van der Waals surface area contributed by atoms with Crippen molar-refractivity contribution in [3.05, 3.63) is 54.1 Å². The van der Waals surface area contributed by atoms with Crippen LogP contribution in [-0.2, 0) is 9.59 Å². The summed E-state index contributed by atoms with van der Waals surface area (Å²) in [5.41, 5.74) is 2.84. The van der Waals surface area contributed by atoms with Crippen molar-refractivity contribution in [3.8, 4) is 5.75 Å². The highest BCUT2D eigenvalue weighted by atomic mass is 32.1. The lowest BCUT2D eigenvalue weighted by Crippen LogP contribution is -2.48. The Morgan fingerprint density at radius 3 is 2.33 bits per heavy atom. The predicted molar refractivity (Wildman–Crippen MR) is 122 cm³/mol. The van der Waals surface area contributed by atoms with Crippen LogP contribution in [0.3, 0.4) is 0 Å². The average Bonchev–Trinajstić information content (AvgIpc) is 2.73. The molecule has 7 nitrogen and oxygen atoms in total. The summed E-state index contributed by atoms with van der Waals surface area (Å²) < 4.78 is 5.53. The molecule has 0 spiro atoms. The summed E-state index contributed by atoms with van der Waals surface area (Å²) >= 11 is 5.22. The van der Waals surface area contributed by atoms with Gasteiger partial charge in [0, 0.05) is 44.5 Å². The standard InChI is InChI=1S/C22H26N4O3S/c1-16-5-3-4-6-20(16)29-15-21(28)24-22(30)23-18-7-9-19(10-8-18)26-13-11-25(12-14-26)17(2)27/h3-10H,11-15H2,1-2H3,(H2,23,24,28,30). The van der Waals surface area contributed by atoms with Crippen LogP contribution >= 0.6 is 12.2 Å². The van der Waals surface area contributed by atoms with Gasteiger partial charge in [-0.15, -0.1) is 0 Å². The van der Waals surface area contributed by atoms with Crippen molar-refractivity contribution in [2.45, 2.75) is 13.8 Å². The molecule has 158 valence electrons. The van der Waals surface area contributed by atoms with Crippen LogP contribution in [-0.4, -0.2) is 54.6 Å². The average molecular weight is 427 g/mol. The van der Waals surface area contributed by atoms with Crippen LogP contribution in [0.15, 0.2) is 48.5 Å². The van der Waals surface area contributed by atoms with Gasteiger partial charge in [0.25, 0.3) is 5.91 Å². The molecule has 0 unspecified atom stereocenters. The fourth-order valence-corrected chi connectivity index (χ4v) is 3.45. The van der Waals surface area contributed by atoms with Crippen LogP contribution in [0, 0.1) is 6.92 Å². The summed E-state index contributed by atoms with van der Waals surface area (Å²) in [7, 11) is 0. The van der Waals surface area contributed by atoms with Gasteiger partial charge in [-0.25, -0.2) is 0 Å². The lowest BCUT2D eigenvalue weighted by atomic mass is 10.2. The smallest absolute Gasteiger partial charge is 0.264 e. The van der Waals surface area contributed by atoms with Crippen LogP contribution in [0.2, 0.25) is 0 Å². The number of piperazine rings is 1. The van der Waals surface area contributed by atoms with E-state index in [1.54, 1.807) is 6.92 Å². The Morgan fingerprint density at radius 1 is 1.03 bits per heavy atom. The molecule has 1 heterocycles. The maximum Gasteiger partial charge on any atom is 0.264 e. The second-order valence-corrected chi connectivity index (χ2v) is 7.50. The highest BCUT2D eigenvalue weighted by Crippen LogP contribution is 2.20. The third-order valence-electron chi connectivity index (χ3n) is 4.92. The van der Waals surface area contributed by atoms with E-state index in [-0.39, 0.29) is 23.5 Å². The predicted octanol–water partition coefficient (Wildman–Crippen LogP) is 2.56. The van der Waals surface area contributed by atoms with Gasteiger partial charge in [0.1, 0.15) is 5.75 Å². The number of para-hydroxylation sites is 1. The van der Waals surface area contributed by atoms with Crippen LogP contribution in [0.25, 0.3) is 0 Å². The Hall–Kier alpha value is -3.13. The first kappa shape index (κ1) is 21.6. The van der Waals surface area contributed by atoms with Crippen molar-refractivity contribution in [1.29, 1.82) is 0 Å². The first-order valence-corrected chi connectivity index (χ1v) is 10.2. The molecule has 2 amide bonds. The van der Waals surface area contributed by atoms with Crippen molar-refractivity contribution in [3.63, 3.8) is 0 Å². The number of hydrogen-bond acceptors (Lipinski definition) is 5. The first-order valence-electron chi connectivity index (χ1n) is 9.82. The highest BCUT2D eigenvalue weighted by Gasteiger charge is 2.18. The molecule has 0 atom stereocenters. The van der Waals surface area contributed by atoms with Crippen LogP contribution in [0.1, 0.15) is 12.5 Å². The molecule has 8 heteroatoms. The summed E-state index contributed by atoms with van der Waals surface area (Å²) in [6.45, 7) is 6.49. The molecule has 2 aromatic carbocycles. The van der Waals surface area contributed by atoms with Crippen molar-refractivity contribution >= 4 is 40.5 Å². The zero-order valence-corrected chi connectivity index (χ0v) is 18.0. The largest absolute Gasteiger partial charge is 0.483 e. The number of carbonyl (C=O) groups is 2. The van der Waals surface area contributed by atoms with E-state index in [4.69, 9.17) is 17.0 Å². The normalized spacial score (nSPS) is 13.5. The zero-order valence-electron chi connectivity index (χ0n) is 17.2. The Balaban J connectivity index is 1.44. The molecule has 1 saturated heterocycles. The molecule has 30 heavy (non-hydrogen) atoms. The number of benzene rings is 2. The number of thiocarbonyl (C=S) groups is 1. The molecule has 2 N–H and O–H groups in total. The van der Waals surface area contributed by atoms with Gasteiger partial charge in [0.2, 0.25) is 5.91 Å². The fourth-order valence-electron chi connectivity index (χ4n) is 3.22.